The number of rotatable bonds is 1. The normalized spacial score (nSPS) is 15.7. The zero-order chi connectivity index (χ0) is 15.1. The summed E-state index contributed by atoms with van der Waals surface area (Å²) in [5.74, 6) is -0.927. The van der Waals surface area contributed by atoms with Crippen molar-refractivity contribution in [3.8, 4) is 0 Å². The Morgan fingerprint density at radius 2 is 2.00 bits per heavy atom. The Bertz CT molecular complexity index is 746. The van der Waals surface area contributed by atoms with Crippen molar-refractivity contribution in [1.82, 2.24) is 9.47 Å². The molecule has 0 radical (unpaired) electrons. The quantitative estimate of drug-likeness (QED) is 0.875. The molecule has 1 N–H and O–H groups in total. The lowest BCUT2D eigenvalue weighted by Gasteiger charge is -2.21. The number of hydrogen-bond acceptors (Lipinski definition) is 2. The zero-order valence-electron chi connectivity index (χ0n) is 12.2. The third-order valence-electron chi connectivity index (χ3n) is 4.27. The lowest BCUT2D eigenvalue weighted by atomic mass is 10.0. The van der Waals surface area contributed by atoms with Gasteiger partial charge in [0.25, 0.3) is 5.91 Å². The molecule has 0 fully saturated rings. The van der Waals surface area contributed by atoms with E-state index in [1.165, 1.54) is 0 Å². The van der Waals surface area contributed by atoms with E-state index < -0.39 is 5.97 Å². The van der Waals surface area contributed by atoms with Gasteiger partial charge in [-0.15, -0.1) is 0 Å². The Kier molecular flexibility index (Phi) is 3.20. The largest absolute Gasteiger partial charge is 0.478 e. The lowest BCUT2D eigenvalue weighted by molar-refractivity contribution is 0.0696. The molecule has 1 aromatic carbocycles. The van der Waals surface area contributed by atoms with Crippen LogP contribution in [0, 0.1) is 0 Å². The summed E-state index contributed by atoms with van der Waals surface area (Å²) in [7, 11) is 3.69. The lowest BCUT2D eigenvalue weighted by Crippen LogP contribution is -2.31. The van der Waals surface area contributed by atoms with Crippen LogP contribution in [0.1, 0.15) is 39.3 Å². The maximum absolute atomic E-state index is 12.6. The van der Waals surface area contributed by atoms with Crippen molar-refractivity contribution in [3.63, 3.8) is 0 Å². The number of nitrogens with zero attached hydrogens (tertiary/aromatic N) is 2. The van der Waals surface area contributed by atoms with Crippen LogP contribution < -0.4 is 0 Å². The first-order chi connectivity index (χ1) is 10.0. The van der Waals surface area contributed by atoms with Gasteiger partial charge in [0.05, 0.1) is 5.56 Å². The number of carbonyl (C=O) groups is 2. The Balaban J connectivity index is 2.30. The minimum absolute atomic E-state index is 0.0141. The molecule has 110 valence electrons. The summed E-state index contributed by atoms with van der Waals surface area (Å²) in [6.07, 6.45) is 2.78. The van der Waals surface area contributed by atoms with Crippen LogP contribution in [0.15, 0.2) is 18.2 Å². The average molecular weight is 286 g/mol. The van der Waals surface area contributed by atoms with E-state index in [0.29, 0.717) is 5.69 Å². The number of amides is 1. The minimum Gasteiger partial charge on any atom is -0.478 e. The predicted molar refractivity (Wildman–Crippen MR) is 79.8 cm³/mol. The molecule has 0 atom stereocenters. The van der Waals surface area contributed by atoms with Crippen molar-refractivity contribution < 1.29 is 14.7 Å². The molecule has 1 aliphatic heterocycles. The Morgan fingerprint density at radius 3 is 2.71 bits per heavy atom. The number of carboxylic acids is 1. The zero-order valence-corrected chi connectivity index (χ0v) is 12.2. The highest BCUT2D eigenvalue weighted by Gasteiger charge is 2.25. The first-order valence-electron chi connectivity index (χ1n) is 7.10. The summed E-state index contributed by atoms with van der Waals surface area (Å²) in [6, 6.07) is 5.06. The van der Waals surface area contributed by atoms with E-state index in [4.69, 9.17) is 5.11 Å². The molecule has 0 saturated carbocycles. The van der Waals surface area contributed by atoms with Gasteiger partial charge >= 0.3 is 5.97 Å². The molecule has 0 unspecified atom stereocenters. The summed E-state index contributed by atoms with van der Waals surface area (Å²) < 4.78 is 1.89. The fraction of sp³-hybridized carbons (Fsp3) is 0.375. The highest BCUT2D eigenvalue weighted by molar-refractivity contribution is 6.03. The highest BCUT2D eigenvalue weighted by atomic mass is 16.4. The van der Waals surface area contributed by atoms with Gasteiger partial charge in [0.15, 0.2) is 0 Å². The fourth-order valence-electron chi connectivity index (χ4n) is 3.11. The third kappa shape index (κ3) is 2.09. The van der Waals surface area contributed by atoms with Gasteiger partial charge in [-0.1, -0.05) is 0 Å². The molecule has 0 bridgehead atoms. The molecular weight excluding hydrogens is 268 g/mol. The van der Waals surface area contributed by atoms with Gasteiger partial charge in [-0.25, -0.2) is 4.79 Å². The van der Waals surface area contributed by atoms with Crippen LogP contribution in [-0.4, -0.2) is 40.0 Å². The second kappa shape index (κ2) is 4.91. The van der Waals surface area contributed by atoms with E-state index in [2.05, 4.69) is 0 Å². The monoisotopic (exact) mass is 286 g/mol. The molecule has 21 heavy (non-hydrogen) atoms. The Labute approximate surface area is 122 Å². The fourth-order valence-corrected chi connectivity index (χ4v) is 3.11. The smallest absolute Gasteiger partial charge is 0.335 e. The first kappa shape index (κ1) is 13.7. The number of aryl methyl sites for hydroxylation is 2. The molecule has 0 aliphatic carbocycles. The summed E-state index contributed by atoms with van der Waals surface area (Å²) in [5, 5.41) is 10.1. The molecule has 1 aromatic heterocycles. The molecule has 3 rings (SSSR count). The summed E-state index contributed by atoms with van der Waals surface area (Å²) in [5.41, 5.74) is 2.84. The number of carboxylic acid groups (broad SMARTS) is 1. The number of benzene rings is 1. The number of aromatic nitrogens is 1. The Hall–Kier alpha value is -2.30. The predicted octanol–water partition coefficient (Wildman–Crippen LogP) is 2.28. The van der Waals surface area contributed by atoms with Crippen LogP contribution in [-0.2, 0) is 13.5 Å². The topological polar surface area (TPSA) is 62.5 Å². The first-order valence-corrected chi connectivity index (χ1v) is 7.10. The van der Waals surface area contributed by atoms with Crippen LogP contribution in [0.4, 0.5) is 0 Å². The van der Waals surface area contributed by atoms with Crippen molar-refractivity contribution in [2.75, 3.05) is 13.6 Å². The molecule has 2 aromatic rings. The van der Waals surface area contributed by atoms with Gasteiger partial charge in [-0.05, 0) is 43.0 Å². The van der Waals surface area contributed by atoms with E-state index in [1.807, 2.05) is 18.7 Å². The van der Waals surface area contributed by atoms with Crippen molar-refractivity contribution in [2.45, 2.75) is 19.3 Å². The molecule has 0 spiro atoms. The molecule has 5 heteroatoms. The second-order valence-electron chi connectivity index (χ2n) is 5.61. The molecule has 2 heterocycles. The van der Waals surface area contributed by atoms with Gasteiger partial charge in [-0.3, -0.25) is 4.79 Å². The minimum atomic E-state index is -0.941. The standard InChI is InChI=1S/C16H18N2O3/c1-17-8-4-3-5-11-12-9-10(16(20)21)6-7-13(12)18(2)14(11)15(17)19/h6-7,9H,3-5,8H2,1-2H3,(H,20,21). The van der Waals surface area contributed by atoms with E-state index >= 15 is 0 Å². The number of carbonyl (C=O) groups excluding carboxylic acids is 1. The number of fused-ring (bicyclic) bond motifs is 3. The van der Waals surface area contributed by atoms with Crippen molar-refractivity contribution in [3.05, 3.63) is 35.0 Å². The summed E-state index contributed by atoms with van der Waals surface area (Å²) in [6.45, 7) is 0.764. The maximum atomic E-state index is 12.6. The number of hydrogen-bond donors (Lipinski definition) is 1. The van der Waals surface area contributed by atoms with Crippen LogP contribution in [0.25, 0.3) is 10.9 Å². The van der Waals surface area contributed by atoms with Crippen LogP contribution in [0.5, 0.6) is 0 Å². The molecule has 0 saturated heterocycles. The molecule has 1 amide bonds. The van der Waals surface area contributed by atoms with Gasteiger partial charge in [0.2, 0.25) is 0 Å². The van der Waals surface area contributed by atoms with Crippen LogP contribution >= 0.6 is 0 Å². The van der Waals surface area contributed by atoms with Crippen LogP contribution in [0.2, 0.25) is 0 Å². The third-order valence-corrected chi connectivity index (χ3v) is 4.27. The molecule has 1 aliphatic rings. The van der Waals surface area contributed by atoms with E-state index in [9.17, 15) is 9.59 Å². The van der Waals surface area contributed by atoms with Crippen molar-refractivity contribution >= 4 is 22.8 Å². The van der Waals surface area contributed by atoms with Gasteiger partial charge in [0.1, 0.15) is 5.69 Å². The van der Waals surface area contributed by atoms with Gasteiger partial charge < -0.3 is 14.6 Å². The van der Waals surface area contributed by atoms with Gasteiger partial charge in [-0.2, -0.15) is 0 Å². The molecule has 5 nitrogen and oxygen atoms in total. The van der Waals surface area contributed by atoms with E-state index in [0.717, 1.165) is 42.3 Å². The average Bonchev–Trinajstić information content (AvgIpc) is 2.73. The summed E-state index contributed by atoms with van der Waals surface area (Å²) >= 11 is 0. The maximum Gasteiger partial charge on any atom is 0.335 e. The summed E-state index contributed by atoms with van der Waals surface area (Å²) in [4.78, 5) is 25.5. The van der Waals surface area contributed by atoms with Crippen molar-refractivity contribution in [2.24, 2.45) is 7.05 Å². The highest BCUT2D eigenvalue weighted by Crippen LogP contribution is 2.30. The SMILES string of the molecule is CN1CCCCc2c(n(C)c3ccc(C(=O)O)cc23)C1=O. The van der Waals surface area contributed by atoms with Crippen LogP contribution in [0.3, 0.4) is 0 Å². The van der Waals surface area contributed by atoms with E-state index in [1.54, 1.807) is 23.1 Å². The number of aromatic carboxylic acids is 1. The van der Waals surface area contributed by atoms with Gasteiger partial charge in [0, 0.05) is 31.5 Å². The van der Waals surface area contributed by atoms with Crippen molar-refractivity contribution in [1.29, 1.82) is 0 Å². The second-order valence-corrected chi connectivity index (χ2v) is 5.61. The molecular formula is C16H18N2O3. The Morgan fingerprint density at radius 1 is 1.24 bits per heavy atom. The van der Waals surface area contributed by atoms with E-state index in [-0.39, 0.29) is 11.5 Å².